The van der Waals surface area contributed by atoms with Crippen molar-refractivity contribution in [3.05, 3.63) is 35.4 Å². The molecule has 0 saturated carbocycles. The summed E-state index contributed by atoms with van der Waals surface area (Å²) >= 11 is 0. The maximum absolute atomic E-state index is 12.3. The number of nitrogens with zero attached hydrogens (tertiary/aromatic N) is 1. The molecule has 4 N–H and O–H groups in total. The second-order valence-electron chi connectivity index (χ2n) is 5.64. The van der Waals surface area contributed by atoms with E-state index in [0.717, 1.165) is 11.1 Å². The van der Waals surface area contributed by atoms with Crippen LogP contribution in [0.5, 0.6) is 0 Å². The highest BCUT2D eigenvalue weighted by Crippen LogP contribution is 2.21. The van der Waals surface area contributed by atoms with Gasteiger partial charge in [-0.1, -0.05) is 31.2 Å². The lowest BCUT2D eigenvalue weighted by Crippen LogP contribution is -2.39. The van der Waals surface area contributed by atoms with Gasteiger partial charge in [0.2, 0.25) is 5.91 Å². The molecule has 126 valence electrons. The van der Waals surface area contributed by atoms with Gasteiger partial charge < -0.3 is 21.1 Å². The number of primary amides is 1. The zero-order valence-electron chi connectivity index (χ0n) is 13.6. The molecule has 0 spiro atoms. The number of urea groups is 1. The Hall–Kier alpha value is -2.57. The van der Waals surface area contributed by atoms with E-state index in [4.69, 9.17) is 10.8 Å². The molecule has 0 aliphatic rings. The van der Waals surface area contributed by atoms with Crippen LogP contribution in [0.3, 0.4) is 0 Å². The minimum atomic E-state index is -0.963. The van der Waals surface area contributed by atoms with Crippen LogP contribution in [0, 0.1) is 12.8 Å². The van der Waals surface area contributed by atoms with Crippen molar-refractivity contribution < 1.29 is 19.5 Å². The van der Waals surface area contributed by atoms with E-state index in [1.807, 2.05) is 31.2 Å². The SMILES string of the molecule is Cc1ccccc1C(CC(=O)N(C)CC(C)C(=O)O)NC(N)=O. The van der Waals surface area contributed by atoms with Gasteiger partial charge in [-0.3, -0.25) is 9.59 Å². The van der Waals surface area contributed by atoms with Gasteiger partial charge in [-0.25, -0.2) is 4.79 Å². The van der Waals surface area contributed by atoms with Crippen molar-refractivity contribution >= 4 is 17.9 Å². The normalized spacial score (nSPS) is 13.0. The molecule has 7 nitrogen and oxygen atoms in total. The number of aryl methyl sites for hydroxylation is 1. The fraction of sp³-hybridized carbons (Fsp3) is 0.438. The van der Waals surface area contributed by atoms with Crippen molar-refractivity contribution in [2.24, 2.45) is 11.7 Å². The fourth-order valence-electron chi connectivity index (χ4n) is 2.31. The summed E-state index contributed by atoms with van der Waals surface area (Å²) in [5.41, 5.74) is 6.94. The lowest BCUT2D eigenvalue weighted by molar-refractivity contribution is -0.142. The van der Waals surface area contributed by atoms with E-state index in [-0.39, 0.29) is 18.9 Å². The average molecular weight is 321 g/mol. The molecule has 0 aliphatic heterocycles. The van der Waals surface area contributed by atoms with Crippen LogP contribution in [0.15, 0.2) is 24.3 Å². The van der Waals surface area contributed by atoms with Gasteiger partial charge in [0.1, 0.15) is 0 Å². The zero-order chi connectivity index (χ0) is 17.6. The van der Waals surface area contributed by atoms with Crippen LogP contribution < -0.4 is 11.1 Å². The third kappa shape index (κ3) is 5.61. The molecule has 0 radical (unpaired) electrons. The van der Waals surface area contributed by atoms with Crippen molar-refractivity contribution in [1.29, 1.82) is 0 Å². The minimum absolute atomic E-state index is 0.0105. The van der Waals surface area contributed by atoms with E-state index in [2.05, 4.69) is 5.32 Å². The lowest BCUT2D eigenvalue weighted by atomic mass is 9.98. The molecular weight excluding hydrogens is 298 g/mol. The Morgan fingerprint density at radius 2 is 1.91 bits per heavy atom. The van der Waals surface area contributed by atoms with Gasteiger partial charge >= 0.3 is 12.0 Å². The summed E-state index contributed by atoms with van der Waals surface area (Å²) in [4.78, 5) is 35.8. The molecule has 1 aromatic carbocycles. The van der Waals surface area contributed by atoms with Gasteiger partial charge in [-0.2, -0.15) is 0 Å². The number of nitrogens with one attached hydrogen (secondary N) is 1. The quantitative estimate of drug-likeness (QED) is 0.702. The first-order valence-electron chi connectivity index (χ1n) is 7.30. The van der Waals surface area contributed by atoms with Crippen LogP contribution in [0.4, 0.5) is 4.79 Å². The van der Waals surface area contributed by atoms with E-state index < -0.39 is 24.0 Å². The number of hydrogen-bond donors (Lipinski definition) is 3. The molecule has 7 heteroatoms. The Morgan fingerprint density at radius 3 is 2.43 bits per heavy atom. The van der Waals surface area contributed by atoms with E-state index >= 15 is 0 Å². The summed E-state index contributed by atoms with van der Waals surface area (Å²) in [7, 11) is 1.54. The Labute approximate surface area is 135 Å². The topological polar surface area (TPSA) is 113 Å². The summed E-state index contributed by atoms with van der Waals surface area (Å²) < 4.78 is 0. The molecule has 0 fully saturated rings. The molecule has 1 rings (SSSR count). The Bertz CT molecular complexity index is 588. The van der Waals surface area contributed by atoms with Crippen molar-refractivity contribution in [2.75, 3.05) is 13.6 Å². The molecule has 1 aromatic rings. The number of benzene rings is 1. The Balaban J connectivity index is 2.85. The third-order valence-electron chi connectivity index (χ3n) is 3.65. The molecule has 0 bridgehead atoms. The van der Waals surface area contributed by atoms with E-state index in [1.165, 1.54) is 11.8 Å². The van der Waals surface area contributed by atoms with Gasteiger partial charge in [0, 0.05) is 13.6 Å². The highest BCUT2D eigenvalue weighted by molar-refractivity contribution is 5.79. The largest absolute Gasteiger partial charge is 0.481 e. The second-order valence-corrected chi connectivity index (χ2v) is 5.64. The minimum Gasteiger partial charge on any atom is -0.481 e. The van der Waals surface area contributed by atoms with Crippen LogP contribution in [0.1, 0.15) is 30.5 Å². The number of carbonyl (C=O) groups excluding carboxylic acids is 2. The van der Waals surface area contributed by atoms with Gasteiger partial charge in [-0.15, -0.1) is 0 Å². The van der Waals surface area contributed by atoms with Gasteiger partial charge in [0.25, 0.3) is 0 Å². The average Bonchev–Trinajstić information content (AvgIpc) is 2.46. The molecule has 3 amide bonds. The zero-order valence-corrected chi connectivity index (χ0v) is 13.6. The van der Waals surface area contributed by atoms with Gasteiger partial charge in [0.05, 0.1) is 18.4 Å². The highest BCUT2D eigenvalue weighted by Gasteiger charge is 2.23. The molecule has 0 saturated heterocycles. The highest BCUT2D eigenvalue weighted by atomic mass is 16.4. The number of amides is 3. The van der Waals surface area contributed by atoms with E-state index in [9.17, 15) is 14.4 Å². The smallest absolute Gasteiger partial charge is 0.312 e. The molecule has 2 atom stereocenters. The number of rotatable bonds is 7. The molecule has 0 heterocycles. The lowest BCUT2D eigenvalue weighted by Gasteiger charge is -2.24. The number of carboxylic acid groups (broad SMARTS) is 1. The Morgan fingerprint density at radius 1 is 1.30 bits per heavy atom. The van der Waals surface area contributed by atoms with Crippen molar-refractivity contribution in [1.82, 2.24) is 10.2 Å². The van der Waals surface area contributed by atoms with E-state index in [1.54, 1.807) is 7.05 Å². The van der Waals surface area contributed by atoms with Crippen LogP contribution in [-0.4, -0.2) is 41.5 Å². The Kier molecular flexibility index (Phi) is 6.56. The van der Waals surface area contributed by atoms with Crippen LogP contribution in [0.2, 0.25) is 0 Å². The number of aliphatic carboxylic acids is 1. The monoisotopic (exact) mass is 321 g/mol. The summed E-state index contributed by atoms with van der Waals surface area (Å²) in [6, 6.07) is 6.12. The predicted molar refractivity (Wildman–Crippen MR) is 85.7 cm³/mol. The number of nitrogens with two attached hydrogens (primary N) is 1. The van der Waals surface area contributed by atoms with Crippen LogP contribution in [-0.2, 0) is 9.59 Å². The molecular formula is C16H23N3O4. The fourth-order valence-corrected chi connectivity index (χ4v) is 2.31. The standard InChI is InChI=1S/C16H23N3O4/c1-10-6-4-5-7-12(10)13(18-16(17)23)8-14(20)19(3)9-11(2)15(21)22/h4-7,11,13H,8-9H2,1-3H3,(H,21,22)(H3,17,18,23). The first-order chi connectivity index (χ1) is 10.7. The third-order valence-corrected chi connectivity index (χ3v) is 3.65. The maximum Gasteiger partial charge on any atom is 0.312 e. The van der Waals surface area contributed by atoms with Crippen LogP contribution in [0.25, 0.3) is 0 Å². The molecule has 23 heavy (non-hydrogen) atoms. The molecule has 0 aromatic heterocycles. The summed E-state index contributed by atoms with van der Waals surface area (Å²) in [5.74, 6) is -1.89. The van der Waals surface area contributed by atoms with Gasteiger partial charge in [0.15, 0.2) is 0 Å². The molecule has 0 aliphatic carbocycles. The summed E-state index contributed by atoms with van der Waals surface area (Å²) in [6.07, 6.45) is 0.0105. The number of hydrogen-bond acceptors (Lipinski definition) is 3. The number of carbonyl (C=O) groups is 3. The van der Waals surface area contributed by atoms with Gasteiger partial charge in [-0.05, 0) is 18.1 Å². The predicted octanol–water partition coefficient (Wildman–Crippen LogP) is 1.27. The first kappa shape index (κ1) is 18.5. The first-order valence-corrected chi connectivity index (χ1v) is 7.30. The van der Waals surface area contributed by atoms with E-state index in [0.29, 0.717) is 0 Å². The summed E-state index contributed by atoms with van der Waals surface area (Å²) in [6.45, 7) is 3.52. The van der Waals surface area contributed by atoms with Crippen molar-refractivity contribution in [3.63, 3.8) is 0 Å². The number of carboxylic acids is 1. The summed E-state index contributed by atoms with van der Waals surface area (Å²) in [5, 5.41) is 11.5. The second kappa shape index (κ2) is 8.17. The van der Waals surface area contributed by atoms with Crippen molar-refractivity contribution in [2.45, 2.75) is 26.3 Å². The molecule has 2 unspecified atom stereocenters. The van der Waals surface area contributed by atoms with Crippen molar-refractivity contribution in [3.8, 4) is 0 Å². The van der Waals surface area contributed by atoms with Crippen LogP contribution >= 0.6 is 0 Å². The maximum atomic E-state index is 12.3.